The summed E-state index contributed by atoms with van der Waals surface area (Å²) in [6, 6.07) is 8.15. The summed E-state index contributed by atoms with van der Waals surface area (Å²) in [5.74, 6) is 2.61. The number of terminal acetylenes is 1. The van der Waals surface area contributed by atoms with Gasteiger partial charge in [-0.1, -0.05) is 18.6 Å². The lowest BCUT2D eigenvalue weighted by Gasteiger charge is -2.26. The number of piperidine rings is 1. The third-order valence-electron chi connectivity index (χ3n) is 4.87. The maximum absolute atomic E-state index is 12.2. The molecule has 0 unspecified atom stereocenters. The van der Waals surface area contributed by atoms with Gasteiger partial charge in [-0.25, -0.2) is 0 Å². The van der Waals surface area contributed by atoms with Gasteiger partial charge in [-0.3, -0.25) is 9.69 Å². The van der Waals surface area contributed by atoms with Crippen molar-refractivity contribution in [2.45, 2.75) is 57.2 Å². The third-order valence-corrected chi connectivity index (χ3v) is 4.87. The molecule has 0 aliphatic carbocycles. The van der Waals surface area contributed by atoms with Crippen LogP contribution in [0.1, 0.15) is 50.5 Å². The van der Waals surface area contributed by atoms with Gasteiger partial charge in [0.15, 0.2) is 5.66 Å². The summed E-state index contributed by atoms with van der Waals surface area (Å²) in [5, 5.41) is 11.1. The largest absolute Gasteiger partial charge is 0.326 e. The Morgan fingerprint density at radius 3 is 2.76 bits per heavy atom. The van der Waals surface area contributed by atoms with E-state index in [0.29, 0.717) is 19.3 Å². The molecule has 1 saturated heterocycles. The van der Waals surface area contributed by atoms with Crippen LogP contribution in [0.2, 0.25) is 0 Å². The molecule has 1 N–H and O–H groups in total. The lowest BCUT2D eigenvalue weighted by Crippen LogP contribution is -2.29. The van der Waals surface area contributed by atoms with Crippen LogP contribution in [0.15, 0.2) is 34.5 Å². The summed E-state index contributed by atoms with van der Waals surface area (Å²) < 4.78 is 0. The first-order chi connectivity index (χ1) is 12.2. The van der Waals surface area contributed by atoms with E-state index in [0.717, 1.165) is 18.7 Å². The van der Waals surface area contributed by atoms with Crippen LogP contribution in [0.25, 0.3) is 0 Å². The van der Waals surface area contributed by atoms with E-state index in [4.69, 9.17) is 6.42 Å². The second-order valence-corrected chi connectivity index (χ2v) is 6.97. The molecule has 1 fully saturated rings. The second-order valence-electron chi connectivity index (χ2n) is 6.97. The van der Waals surface area contributed by atoms with Crippen molar-refractivity contribution in [1.29, 1.82) is 0 Å². The number of nitrogens with zero attached hydrogens (tertiary/aromatic N) is 3. The Morgan fingerprint density at radius 1 is 1.24 bits per heavy atom. The highest BCUT2D eigenvalue weighted by atomic mass is 16.1. The Morgan fingerprint density at radius 2 is 2.04 bits per heavy atom. The molecular weight excluding hydrogens is 312 g/mol. The van der Waals surface area contributed by atoms with E-state index in [1.807, 2.05) is 12.1 Å². The summed E-state index contributed by atoms with van der Waals surface area (Å²) >= 11 is 0. The molecule has 1 amide bonds. The molecule has 1 aromatic carbocycles. The molecule has 2 aliphatic rings. The van der Waals surface area contributed by atoms with E-state index in [9.17, 15) is 4.79 Å². The first-order valence-electron chi connectivity index (χ1n) is 9.18. The monoisotopic (exact) mass is 338 g/mol. The molecule has 2 aliphatic heterocycles. The Balaban J connectivity index is 1.46. The summed E-state index contributed by atoms with van der Waals surface area (Å²) in [5.41, 5.74) is 1.72. The van der Waals surface area contributed by atoms with Crippen LogP contribution in [0, 0.1) is 12.3 Å². The van der Waals surface area contributed by atoms with Gasteiger partial charge in [-0.2, -0.15) is 10.2 Å². The lowest BCUT2D eigenvalue weighted by molar-refractivity contribution is -0.116. The number of anilines is 1. The zero-order valence-corrected chi connectivity index (χ0v) is 14.7. The molecule has 0 aromatic heterocycles. The van der Waals surface area contributed by atoms with Gasteiger partial charge in [0.25, 0.3) is 0 Å². The van der Waals surface area contributed by atoms with Gasteiger partial charge in [-0.15, -0.1) is 12.3 Å². The van der Waals surface area contributed by atoms with E-state index < -0.39 is 0 Å². The molecule has 132 valence electrons. The van der Waals surface area contributed by atoms with E-state index in [1.165, 1.54) is 37.9 Å². The van der Waals surface area contributed by atoms with Crippen LogP contribution < -0.4 is 5.32 Å². The van der Waals surface area contributed by atoms with E-state index in [-0.39, 0.29) is 11.6 Å². The number of likely N-dealkylation sites (tertiary alicyclic amines) is 1. The lowest BCUT2D eigenvalue weighted by atomic mass is 10.0. The van der Waals surface area contributed by atoms with Crippen LogP contribution in [0.5, 0.6) is 0 Å². The Hall–Kier alpha value is -2.19. The standard InChI is InChI=1S/C20H26N4O/c1-2-3-11-20(22-23-20)12-10-19(25)21-18-9-7-8-17(15-18)16-24-13-5-4-6-14-24/h1,7-9,15H,3-6,10-14,16H2,(H,21,25). The van der Waals surface area contributed by atoms with Crippen LogP contribution in [-0.2, 0) is 11.3 Å². The summed E-state index contributed by atoms with van der Waals surface area (Å²) in [6.45, 7) is 3.29. The minimum absolute atomic E-state index is 0.00695. The fraction of sp³-hybridized carbons (Fsp3) is 0.550. The zero-order chi connectivity index (χ0) is 17.5. The molecule has 1 aromatic rings. The molecule has 25 heavy (non-hydrogen) atoms. The summed E-state index contributed by atoms with van der Waals surface area (Å²) in [7, 11) is 0. The van der Waals surface area contributed by atoms with Crippen molar-refractivity contribution >= 4 is 11.6 Å². The quantitative estimate of drug-likeness (QED) is 0.729. The molecule has 3 rings (SSSR count). The molecule has 5 nitrogen and oxygen atoms in total. The number of rotatable bonds is 8. The van der Waals surface area contributed by atoms with E-state index in [2.05, 4.69) is 38.5 Å². The van der Waals surface area contributed by atoms with Gasteiger partial charge in [0.05, 0.1) is 0 Å². The van der Waals surface area contributed by atoms with Crippen molar-refractivity contribution in [1.82, 2.24) is 4.90 Å². The molecule has 2 heterocycles. The second kappa shape index (κ2) is 8.26. The highest BCUT2D eigenvalue weighted by molar-refractivity contribution is 5.90. The number of benzene rings is 1. The predicted molar refractivity (Wildman–Crippen MR) is 99.1 cm³/mol. The minimum atomic E-state index is -0.389. The number of hydrogen-bond acceptors (Lipinski definition) is 4. The molecule has 0 radical (unpaired) electrons. The van der Waals surface area contributed by atoms with Crippen molar-refractivity contribution in [3.63, 3.8) is 0 Å². The highest BCUT2D eigenvalue weighted by Gasteiger charge is 2.39. The zero-order valence-electron chi connectivity index (χ0n) is 14.7. The van der Waals surface area contributed by atoms with Crippen molar-refractivity contribution in [3.8, 4) is 12.3 Å². The first-order valence-corrected chi connectivity index (χ1v) is 9.18. The van der Waals surface area contributed by atoms with Gasteiger partial charge in [-0.05, 0) is 43.6 Å². The van der Waals surface area contributed by atoms with Crippen LogP contribution in [-0.4, -0.2) is 29.6 Å². The molecule has 0 atom stereocenters. The third kappa shape index (κ3) is 5.40. The number of carbonyl (C=O) groups is 1. The number of hydrogen-bond donors (Lipinski definition) is 1. The average molecular weight is 338 g/mol. The fourth-order valence-corrected chi connectivity index (χ4v) is 3.33. The molecular formula is C20H26N4O. The fourth-order valence-electron chi connectivity index (χ4n) is 3.33. The molecule has 0 bridgehead atoms. The first kappa shape index (κ1) is 17.6. The summed E-state index contributed by atoms with van der Waals surface area (Å²) in [6.07, 6.45) is 11.6. The van der Waals surface area contributed by atoms with Gasteiger partial charge in [0.1, 0.15) is 0 Å². The maximum atomic E-state index is 12.2. The van der Waals surface area contributed by atoms with Crippen LogP contribution >= 0.6 is 0 Å². The molecule has 0 saturated carbocycles. The number of amides is 1. The molecule has 5 heteroatoms. The molecule has 0 spiro atoms. The number of carbonyl (C=O) groups excluding carboxylic acids is 1. The Bertz CT molecular complexity index is 665. The van der Waals surface area contributed by atoms with Gasteiger partial charge < -0.3 is 5.32 Å². The topological polar surface area (TPSA) is 57.1 Å². The van der Waals surface area contributed by atoms with Crippen molar-refractivity contribution in [2.24, 2.45) is 10.2 Å². The van der Waals surface area contributed by atoms with Gasteiger partial charge in [0, 0.05) is 37.9 Å². The Labute approximate surface area is 149 Å². The van der Waals surface area contributed by atoms with Crippen molar-refractivity contribution < 1.29 is 4.79 Å². The highest BCUT2D eigenvalue weighted by Crippen LogP contribution is 2.37. The Kier molecular flexibility index (Phi) is 5.83. The van der Waals surface area contributed by atoms with E-state index >= 15 is 0 Å². The summed E-state index contributed by atoms with van der Waals surface area (Å²) in [4.78, 5) is 14.7. The maximum Gasteiger partial charge on any atom is 0.224 e. The minimum Gasteiger partial charge on any atom is -0.326 e. The van der Waals surface area contributed by atoms with Gasteiger partial charge in [0.2, 0.25) is 5.91 Å². The average Bonchev–Trinajstić information content (AvgIpc) is 3.40. The SMILES string of the molecule is C#CCCC1(CCC(=O)Nc2cccc(CN3CCCCC3)c2)N=N1. The van der Waals surface area contributed by atoms with Crippen molar-refractivity contribution in [3.05, 3.63) is 29.8 Å². The normalized spacial score (nSPS) is 18.5. The van der Waals surface area contributed by atoms with Crippen LogP contribution in [0.4, 0.5) is 5.69 Å². The smallest absolute Gasteiger partial charge is 0.224 e. The van der Waals surface area contributed by atoms with Crippen molar-refractivity contribution in [2.75, 3.05) is 18.4 Å². The van der Waals surface area contributed by atoms with Crippen LogP contribution in [0.3, 0.4) is 0 Å². The van der Waals surface area contributed by atoms with Gasteiger partial charge >= 0.3 is 0 Å². The number of nitrogens with one attached hydrogen (secondary N) is 1. The van der Waals surface area contributed by atoms with E-state index in [1.54, 1.807) is 0 Å². The predicted octanol–water partition coefficient (Wildman–Crippen LogP) is 3.97.